The molecule has 2 rings (SSSR count). The van der Waals surface area contributed by atoms with Gasteiger partial charge in [-0.3, -0.25) is 4.90 Å². The van der Waals surface area contributed by atoms with Gasteiger partial charge in [0.15, 0.2) is 6.17 Å². The van der Waals surface area contributed by atoms with E-state index in [0.29, 0.717) is 12.0 Å². The Balaban J connectivity index is 2.23. The summed E-state index contributed by atoms with van der Waals surface area (Å²) in [5, 5.41) is 9.24. The third-order valence-corrected chi connectivity index (χ3v) is 3.33. The quantitative estimate of drug-likeness (QED) is 0.845. The summed E-state index contributed by atoms with van der Waals surface area (Å²) in [6.07, 6.45) is -1.89. The van der Waals surface area contributed by atoms with Crippen LogP contribution in [0.25, 0.3) is 0 Å². The van der Waals surface area contributed by atoms with Crippen LogP contribution in [0.1, 0.15) is 18.4 Å². The van der Waals surface area contributed by atoms with Gasteiger partial charge in [0.2, 0.25) is 12.1 Å². The number of rotatable bonds is 2. The van der Waals surface area contributed by atoms with Crippen molar-refractivity contribution < 1.29 is 19.0 Å². The van der Waals surface area contributed by atoms with Gasteiger partial charge in [0, 0.05) is 12.1 Å². The molecule has 2 unspecified atom stereocenters. The van der Waals surface area contributed by atoms with Gasteiger partial charge in [-0.15, -0.1) is 0 Å². The van der Waals surface area contributed by atoms with Gasteiger partial charge >= 0.3 is 6.09 Å². The molecule has 19 heavy (non-hydrogen) atoms. The molecule has 2 atom stereocenters. The van der Waals surface area contributed by atoms with Crippen LogP contribution < -0.4 is 4.74 Å². The first-order valence-electron chi connectivity index (χ1n) is 5.78. The van der Waals surface area contributed by atoms with Crippen molar-refractivity contribution in [3.05, 3.63) is 17.0 Å². The monoisotopic (exact) mass is 289 g/mol. The molecule has 0 spiro atoms. The molecule has 1 amide bonds. The summed E-state index contributed by atoms with van der Waals surface area (Å²) in [6, 6.07) is 0. The van der Waals surface area contributed by atoms with Crippen LogP contribution in [-0.4, -0.2) is 45.0 Å². The van der Waals surface area contributed by atoms with Crippen LogP contribution in [0.15, 0.2) is 6.33 Å². The molecule has 1 saturated heterocycles. The maximum atomic E-state index is 13.9. The van der Waals surface area contributed by atoms with Gasteiger partial charge < -0.3 is 9.84 Å². The topological polar surface area (TPSA) is 75.6 Å². The van der Waals surface area contributed by atoms with Crippen molar-refractivity contribution in [2.45, 2.75) is 32.2 Å². The molecule has 1 aliphatic rings. The fourth-order valence-corrected chi connectivity index (χ4v) is 2.04. The van der Waals surface area contributed by atoms with Crippen molar-refractivity contribution in [3.63, 3.8) is 0 Å². The molecule has 0 radical (unpaired) electrons. The van der Waals surface area contributed by atoms with Gasteiger partial charge in [0.1, 0.15) is 11.5 Å². The number of amides is 1. The van der Waals surface area contributed by atoms with Crippen LogP contribution in [0.5, 0.6) is 5.88 Å². The average Bonchev–Trinajstić information content (AvgIpc) is 2.36. The van der Waals surface area contributed by atoms with Crippen molar-refractivity contribution in [1.29, 1.82) is 0 Å². The predicted octanol–water partition coefficient (Wildman–Crippen LogP) is 2.26. The molecule has 1 aromatic heterocycles. The average molecular weight is 290 g/mol. The first-order valence-corrected chi connectivity index (χ1v) is 6.16. The minimum atomic E-state index is -1.39. The Morgan fingerprint density at radius 2 is 2.37 bits per heavy atom. The number of hydrogen-bond donors (Lipinski definition) is 1. The summed E-state index contributed by atoms with van der Waals surface area (Å²) in [5.41, 5.74) is 0.451. The Bertz CT molecular complexity index is 488. The van der Waals surface area contributed by atoms with E-state index in [-0.39, 0.29) is 24.0 Å². The second-order valence-electron chi connectivity index (χ2n) is 4.24. The second-order valence-corrected chi connectivity index (χ2v) is 4.60. The van der Waals surface area contributed by atoms with E-state index >= 15 is 0 Å². The fourth-order valence-electron chi connectivity index (χ4n) is 1.91. The smallest absolute Gasteiger partial charge is 0.410 e. The zero-order valence-corrected chi connectivity index (χ0v) is 11.0. The first-order chi connectivity index (χ1) is 9.00. The van der Waals surface area contributed by atoms with Crippen LogP contribution in [-0.2, 0) is 0 Å². The summed E-state index contributed by atoms with van der Waals surface area (Å²) < 4.78 is 19.3. The Hall–Kier alpha value is -1.63. The molecular weight excluding hydrogens is 277 g/mol. The van der Waals surface area contributed by atoms with Crippen LogP contribution in [0.4, 0.5) is 9.18 Å². The Labute approximate surface area is 114 Å². The zero-order chi connectivity index (χ0) is 14.0. The predicted molar refractivity (Wildman–Crippen MR) is 65.1 cm³/mol. The molecule has 0 saturated carbocycles. The Morgan fingerprint density at radius 1 is 1.63 bits per heavy atom. The van der Waals surface area contributed by atoms with Crippen molar-refractivity contribution in [2.75, 3.05) is 6.54 Å². The zero-order valence-electron chi connectivity index (χ0n) is 10.2. The van der Waals surface area contributed by atoms with Crippen molar-refractivity contribution >= 4 is 17.7 Å². The van der Waals surface area contributed by atoms with E-state index in [4.69, 9.17) is 21.4 Å². The number of ether oxygens (including phenoxy) is 1. The highest BCUT2D eigenvalue weighted by Gasteiger charge is 2.37. The van der Waals surface area contributed by atoms with Crippen molar-refractivity contribution in [3.8, 4) is 5.88 Å². The van der Waals surface area contributed by atoms with Crippen molar-refractivity contribution in [2.24, 2.45) is 0 Å². The maximum Gasteiger partial charge on any atom is 0.410 e. The molecule has 104 valence electrons. The second kappa shape index (κ2) is 5.56. The molecular formula is C11H13ClFN3O3. The lowest BCUT2D eigenvalue weighted by atomic mass is 10.1. The number of piperidine rings is 1. The van der Waals surface area contributed by atoms with Gasteiger partial charge in [-0.05, 0) is 19.8 Å². The molecule has 0 aromatic carbocycles. The normalized spacial score (nSPS) is 23.2. The molecule has 1 aliphatic heterocycles. The standard InChI is InChI=1S/C11H13ClFN3O3/c1-6-8(12)14-5-15-9(6)19-10-7(13)3-2-4-16(10)11(17)18/h5,7,10H,2-4H2,1H3,(H,17,18). The van der Waals surface area contributed by atoms with Crippen LogP contribution in [0, 0.1) is 6.92 Å². The van der Waals surface area contributed by atoms with E-state index in [1.165, 1.54) is 6.33 Å². The van der Waals surface area contributed by atoms with Crippen molar-refractivity contribution in [1.82, 2.24) is 14.9 Å². The number of likely N-dealkylation sites (tertiary alicyclic amines) is 1. The lowest BCUT2D eigenvalue weighted by Crippen LogP contribution is -2.52. The number of halogens is 2. The van der Waals surface area contributed by atoms with Gasteiger partial charge in [-0.25, -0.2) is 19.2 Å². The number of carbonyl (C=O) groups is 1. The summed E-state index contributed by atoms with van der Waals surface area (Å²) >= 11 is 5.81. The highest BCUT2D eigenvalue weighted by molar-refractivity contribution is 6.30. The van der Waals surface area contributed by atoms with Crippen LogP contribution in [0.3, 0.4) is 0 Å². The van der Waals surface area contributed by atoms with E-state index in [2.05, 4.69) is 9.97 Å². The Kier molecular flexibility index (Phi) is 4.04. The summed E-state index contributed by atoms with van der Waals surface area (Å²) in [7, 11) is 0. The van der Waals surface area contributed by atoms with Gasteiger partial charge in [-0.2, -0.15) is 0 Å². The molecule has 8 heteroatoms. The third kappa shape index (κ3) is 2.86. The summed E-state index contributed by atoms with van der Waals surface area (Å²) in [4.78, 5) is 19.6. The minimum absolute atomic E-state index is 0.0980. The SMILES string of the molecule is Cc1c(Cl)ncnc1OC1C(F)CCCN1C(=O)O. The van der Waals surface area contributed by atoms with E-state index in [0.717, 1.165) is 4.90 Å². The highest BCUT2D eigenvalue weighted by Crippen LogP contribution is 2.26. The van der Waals surface area contributed by atoms with Gasteiger partial charge in [-0.1, -0.05) is 11.6 Å². The third-order valence-electron chi connectivity index (χ3n) is 2.95. The highest BCUT2D eigenvalue weighted by atomic mass is 35.5. The summed E-state index contributed by atoms with van der Waals surface area (Å²) in [5.74, 6) is 0.0980. The maximum absolute atomic E-state index is 13.9. The number of carboxylic acid groups (broad SMARTS) is 1. The lowest BCUT2D eigenvalue weighted by Gasteiger charge is -2.35. The molecule has 0 aliphatic carbocycles. The molecule has 1 fully saturated rings. The lowest BCUT2D eigenvalue weighted by molar-refractivity contribution is -0.0482. The number of aromatic nitrogens is 2. The molecule has 2 heterocycles. The fraction of sp³-hybridized carbons (Fsp3) is 0.545. The van der Waals surface area contributed by atoms with E-state index in [1.54, 1.807) is 6.92 Å². The first kappa shape index (κ1) is 13.8. The Morgan fingerprint density at radius 3 is 3.05 bits per heavy atom. The van der Waals surface area contributed by atoms with E-state index < -0.39 is 18.5 Å². The summed E-state index contributed by atoms with van der Waals surface area (Å²) in [6.45, 7) is 1.86. The number of nitrogens with zero attached hydrogens (tertiary/aromatic N) is 3. The van der Waals surface area contributed by atoms with E-state index in [1.807, 2.05) is 0 Å². The molecule has 6 nitrogen and oxygen atoms in total. The molecule has 1 N–H and O–H groups in total. The van der Waals surface area contributed by atoms with Crippen LogP contribution in [0.2, 0.25) is 5.15 Å². The van der Waals surface area contributed by atoms with Gasteiger partial charge in [0.05, 0.1) is 0 Å². The van der Waals surface area contributed by atoms with Gasteiger partial charge in [0.25, 0.3) is 0 Å². The number of alkyl halides is 1. The van der Waals surface area contributed by atoms with Crippen LogP contribution >= 0.6 is 11.6 Å². The molecule has 1 aromatic rings. The van der Waals surface area contributed by atoms with E-state index in [9.17, 15) is 9.18 Å². The minimum Gasteiger partial charge on any atom is -0.465 e. The number of hydrogen-bond acceptors (Lipinski definition) is 4. The largest absolute Gasteiger partial charge is 0.465 e. The molecule has 0 bridgehead atoms.